The zero-order chi connectivity index (χ0) is 17.4. The molecule has 9 heteroatoms. The molecule has 0 unspecified atom stereocenters. The van der Waals surface area contributed by atoms with Gasteiger partial charge in [-0.05, 0) is 11.9 Å². The number of carbonyl (C=O) groups is 1. The van der Waals surface area contributed by atoms with Crippen molar-refractivity contribution in [3.05, 3.63) is 48.4 Å². The summed E-state index contributed by atoms with van der Waals surface area (Å²) in [6.45, 7) is 0.359. The summed E-state index contributed by atoms with van der Waals surface area (Å²) in [6, 6.07) is 10.0. The minimum absolute atomic E-state index is 0.0559. The first-order valence-corrected chi connectivity index (χ1v) is 8.67. The Labute approximate surface area is 148 Å². The monoisotopic (exact) mass is 365 g/mol. The summed E-state index contributed by atoms with van der Waals surface area (Å²) >= 11 is 3.04. The van der Waals surface area contributed by atoms with Crippen molar-refractivity contribution in [1.82, 2.24) is 14.7 Å². The van der Waals surface area contributed by atoms with Gasteiger partial charge < -0.3 is 15.5 Å². The van der Waals surface area contributed by atoms with Crippen LogP contribution >= 0.6 is 23.3 Å². The second kappa shape index (κ2) is 9.28. The first-order valence-electron chi connectivity index (χ1n) is 7.03. The molecule has 0 aliphatic heterocycles. The predicted molar refractivity (Wildman–Crippen MR) is 96.6 cm³/mol. The number of nitrogens with one attached hydrogen (secondary N) is 1. The summed E-state index contributed by atoms with van der Waals surface area (Å²) in [6.07, 6.45) is 3.31. The standard InChI is InChI=1S/C15H19N5O2S2/c1-22-13(21)10-20(17)9-12(16)7-19-24-14-8-18-15(23-14)11-5-3-2-4-6-11/h2-6,8-9,19H,7,10,16-17H2,1H3/b12-9-. The lowest BCUT2D eigenvalue weighted by Crippen LogP contribution is -2.33. The second-order valence-corrected chi connectivity index (χ2v) is 6.95. The summed E-state index contributed by atoms with van der Waals surface area (Å²) in [5.41, 5.74) is 7.45. The van der Waals surface area contributed by atoms with Crippen LogP contribution in [0, 0.1) is 0 Å². The number of hydrogen-bond donors (Lipinski definition) is 3. The first kappa shape index (κ1) is 18.3. The molecule has 0 saturated carbocycles. The lowest BCUT2D eigenvalue weighted by molar-refractivity contribution is -0.141. The lowest BCUT2D eigenvalue weighted by Gasteiger charge is -2.13. The molecule has 0 spiro atoms. The summed E-state index contributed by atoms with van der Waals surface area (Å²) in [5.74, 6) is 5.21. The number of hydrogen-bond acceptors (Lipinski definition) is 9. The fourth-order valence-electron chi connectivity index (χ4n) is 1.73. The Balaban J connectivity index is 1.80. The van der Waals surface area contributed by atoms with Crippen LogP contribution in [0.1, 0.15) is 0 Å². The van der Waals surface area contributed by atoms with E-state index in [-0.39, 0.29) is 6.54 Å². The molecule has 2 rings (SSSR count). The zero-order valence-electron chi connectivity index (χ0n) is 13.1. The molecule has 2 aromatic rings. The maximum absolute atomic E-state index is 11.1. The summed E-state index contributed by atoms with van der Waals surface area (Å²) in [4.78, 5) is 15.5. The molecule has 0 fully saturated rings. The third-order valence-electron chi connectivity index (χ3n) is 2.83. The van der Waals surface area contributed by atoms with E-state index in [1.807, 2.05) is 36.5 Å². The van der Waals surface area contributed by atoms with Crippen LogP contribution in [-0.4, -0.2) is 36.2 Å². The van der Waals surface area contributed by atoms with Crippen LogP contribution in [0.15, 0.2) is 52.6 Å². The molecule has 0 bridgehead atoms. The molecule has 7 nitrogen and oxygen atoms in total. The number of aromatic nitrogens is 1. The van der Waals surface area contributed by atoms with E-state index in [0.717, 1.165) is 14.8 Å². The van der Waals surface area contributed by atoms with E-state index in [0.29, 0.717) is 12.2 Å². The number of methoxy groups -OCH3 is 1. The Kier molecular flexibility index (Phi) is 7.07. The van der Waals surface area contributed by atoms with Gasteiger partial charge in [0.15, 0.2) is 0 Å². The lowest BCUT2D eigenvalue weighted by atomic mass is 10.2. The number of benzene rings is 1. The molecular formula is C15H19N5O2S2. The third-order valence-corrected chi connectivity index (χ3v) is 4.76. The van der Waals surface area contributed by atoms with Crippen molar-refractivity contribution in [1.29, 1.82) is 0 Å². The van der Waals surface area contributed by atoms with Gasteiger partial charge in [0, 0.05) is 24.0 Å². The Morgan fingerprint density at radius 2 is 2.21 bits per heavy atom. The SMILES string of the molecule is COC(=O)CN(N)/C=C(\N)CNSc1cnc(-c2ccccc2)s1. The van der Waals surface area contributed by atoms with Gasteiger partial charge in [-0.25, -0.2) is 10.8 Å². The van der Waals surface area contributed by atoms with Gasteiger partial charge in [0.2, 0.25) is 0 Å². The minimum Gasteiger partial charge on any atom is -0.468 e. The van der Waals surface area contributed by atoms with Crippen molar-refractivity contribution in [2.75, 3.05) is 20.2 Å². The topological polar surface area (TPSA) is 106 Å². The molecule has 5 N–H and O–H groups in total. The average molecular weight is 365 g/mol. The quantitative estimate of drug-likeness (QED) is 0.280. The molecule has 0 atom stereocenters. The molecule has 24 heavy (non-hydrogen) atoms. The number of esters is 1. The summed E-state index contributed by atoms with van der Waals surface area (Å²) in [7, 11) is 1.31. The van der Waals surface area contributed by atoms with E-state index in [2.05, 4.69) is 14.4 Å². The largest absolute Gasteiger partial charge is 0.468 e. The number of rotatable bonds is 8. The number of hydrazine groups is 1. The Morgan fingerprint density at radius 3 is 2.92 bits per heavy atom. The van der Waals surface area contributed by atoms with Crippen molar-refractivity contribution in [3.63, 3.8) is 0 Å². The number of carbonyl (C=O) groups excluding carboxylic acids is 1. The third kappa shape index (κ3) is 5.85. The van der Waals surface area contributed by atoms with Gasteiger partial charge in [-0.1, -0.05) is 30.3 Å². The number of ether oxygens (including phenoxy) is 1. The average Bonchev–Trinajstić information content (AvgIpc) is 3.04. The van der Waals surface area contributed by atoms with Gasteiger partial charge in [0.1, 0.15) is 11.6 Å². The fourth-order valence-corrected chi connectivity index (χ4v) is 3.45. The maximum atomic E-state index is 11.1. The molecule has 1 aromatic carbocycles. The summed E-state index contributed by atoms with van der Waals surface area (Å²) < 4.78 is 8.69. The molecule has 0 radical (unpaired) electrons. The van der Waals surface area contributed by atoms with E-state index in [4.69, 9.17) is 11.6 Å². The van der Waals surface area contributed by atoms with Crippen LogP contribution < -0.4 is 16.3 Å². The summed E-state index contributed by atoms with van der Waals surface area (Å²) in [5, 5.41) is 2.16. The molecule has 128 valence electrons. The predicted octanol–water partition coefficient (Wildman–Crippen LogP) is 1.56. The molecule has 1 aromatic heterocycles. The van der Waals surface area contributed by atoms with Crippen molar-refractivity contribution in [2.24, 2.45) is 11.6 Å². The van der Waals surface area contributed by atoms with Crippen molar-refractivity contribution in [2.45, 2.75) is 4.21 Å². The van der Waals surface area contributed by atoms with Crippen LogP contribution in [0.5, 0.6) is 0 Å². The minimum atomic E-state index is -0.429. The van der Waals surface area contributed by atoms with Crippen molar-refractivity contribution >= 4 is 29.3 Å². The molecule has 0 saturated heterocycles. The molecule has 0 aliphatic rings. The fraction of sp³-hybridized carbons (Fsp3) is 0.200. The molecular weight excluding hydrogens is 346 g/mol. The highest BCUT2D eigenvalue weighted by molar-refractivity contribution is 7.99. The van der Waals surface area contributed by atoms with E-state index in [1.54, 1.807) is 11.3 Å². The number of nitrogens with two attached hydrogens (primary N) is 2. The molecule has 0 aliphatic carbocycles. The van der Waals surface area contributed by atoms with Crippen LogP contribution in [0.2, 0.25) is 0 Å². The van der Waals surface area contributed by atoms with Crippen molar-refractivity contribution in [3.8, 4) is 10.6 Å². The normalized spacial score (nSPS) is 11.3. The highest BCUT2D eigenvalue weighted by atomic mass is 32.2. The first-order chi connectivity index (χ1) is 11.6. The Morgan fingerprint density at radius 1 is 1.46 bits per heavy atom. The Bertz CT molecular complexity index is 690. The van der Waals surface area contributed by atoms with E-state index < -0.39 is 5.97 Å². The van der Waals surface area contributed by atoms with Crippen LogP contribution in [0.25, 0.3) is 10.6 Å². The zero-order valence-corrected chi connectivity index (χ0v) is 14.8. The highest BCUT2D eigenvalue weighted by Crippen LogP contribution is 2.29. The van der Waals surface area contributed by atoms with Crippen LogP contribution in [0.3, 0.4) is 0 Å². The van der Waals surface area contributed by atoms with Gasteiger partial charge in [0.05, 0.1) is 17.5 Å². The van der Waals surface area contributed by atoms with Gasteiger partial charge in [-0.2, -0.15) is 0 Å². The molecule has 0 amide bonds. The highest BCUT2D eigenvalue weighted by Gasteiger charge is 2.06. The maximum Gasteiger partial charge on any atom is 0.326 e. The van der Waals surface area contributed by atoms with Crippen LogP contribution in [-0.2, 0) is 9.53 Å². The second-order valence-electron chi connectivity index (χ2n) is 4.73. The van der Waals surface area contributed by atoms with Gasteiger partial charge in [0.25, 0.3) is 0 Å². The van der Waals surface area contributed by atoms with E-state index in [9.17, 15) is 4.79 Å². The van der Waals surface area contributed by atoms with E-state index in [1.165, 1.54) is 30.3 Å². The van der Waals surface area contributed by atoms with Crippen molar-refractivity contribution < 1.29 is 9.53 Å². The van der Waals surface area contributed by atoms with Crippen LogP contribution in [0.4, 0.5) is 0 Å². The Hall–Kier alpha value is -2.07. The smallest absolute Gasteiger partial charge is 0.326 e. The van der Waals surface area contributed by atoms with Gasteiger partial charge >= 0.3 is 5.97 Å². The van der Waals surface area contributed by atoms with E-state index >= 15 is 0 Å². The van der Waals surface area contributed by atoms with Gasteiger partial charge in [-0.15, -0.1) is 11.3 Å². The molecule has 1 heterocycles. The number of nitrogens with zero attached hydrogens (tertiary/aromatic N) is 2. The van der Waals surface area contributed by atoms with Gasteiger partial charge in [-0.3, -0.25) is 9.52 Å². The number of thiazole rings is 1.